The summed E-state index contributed by atoms with van der Waals surface area (Å²) in [5.41, 5.74) is 1.24. The van der Waals surface area contributed by atoms with Crippen molar-refractivity contribution < 1.29 is 9.53 Å². The second-order valence-corrected chi connectivity index (χ2v) is 6.08. The van der Waals surface area contributed by atoms with E-state index in [2.05, 4.69) is 23.1 Å². The Morgan fingerprint density at radius 1 is 1.48 bits per heavy atom. The average molecular weight is 292 g/mol. The molecule has 0 spiro atoms. The van der Waals surface area contributed by atoms with Gasteiger partial charge in [0, 0.05) is 50.4 Å². The van der Waals surface area contributed by atoms with Crippen molar-refractivity contribution in [3.05, 3.63) is 18.0 Å². The minimum absolute atomic E-state index is 0.100. The maximum absolute atomic E-state index is 11.9. The number of carbonyl (C=O) groups is 1. The van der Waals surface area contributed by atoms with E-state index in [1.54, 1.807) is 0 Å². The fraction of sp³-hybridized carbons (Fsp3) is 0.733. The molecule has 0 radical (unpaired) electrons. The lowest BCUT2D eigenvalue weighted by Gasteiger charge is -2.40. The van der Waals surface area contributed by atoms with Gasteiger partial charge in [0.05, 0.1) is 12.8 Å². The van der Waals surface area contributed by atoms with E-state index in [0.717, 1.165) is 32.6 Å². The molecule has 1 aromatic rings. The van der Waals surface area contributed by atoms with Gasteiger partial charge in [-0.25, -0.2) is 0 Å². The smallest absolute Gasteiger partial charge is 0.248 e. The predicted molar refractivity (Wildman–Crippen MR) is 78.7 cm³/mol. The number of ether oxygens (including phenoxy) is 1. The molecule has 2 aliphatic rings. The Morgan fingerprint density at radius 3 is 3.10 bits per heavy atom. The summed E-state index contributed by atoms with van der Waals surface area (Å²) in [4.78, 5) is 16.3. The normalized spacial score (nSPS) is 27.5. The van der Waals surface area contributed by atoms with Crippen LogP contribution in [0.25, 0.3) is 0 Å². The van der Waals surface area contributed by atoms with Gasteiger partial charge >= 0.3 is 0 Å². The molecule has 0 bridgehead atoms. The third kappa shape index (κ3) is 3.11. The molecule has 6 heteroatoms. The van der Waals surface area contributed by atoms with Crippen LogP contribution in [0.5, 0.6) is 0 Å². The zero-order valence-corrected chi connectivity index (χ0v) is 12.9. The van der Waals surface area contributed by atoms with Crippen molar-refractivity contribution >= 4 is 5.91 Å². The van der Waals surface area contributed by atoms with Gasteiger partial charge in [0.1, 0.15) is 6.61 Å². The topological polar surface area (TPSA) is 50.6 Å². The molecule has 0 aliphatic carbocycles. The van der Waals surface area contributed by atoms with Crippen LogP contribution in [-0.4, -0.2) is 64.9 Å². The predicted octanol–water partition coefficient (Wildman–Crippen LogP) is 0.582. The standard InChI is InChI=1S/C15H24N4O2/c1-3-19-8-12(6-16-19)7-18-5-4-13-10-21-11-15(20)17(2)14(13)9-18/h6,8,13-14H,3-5,7,9-11H2,1-2H3/t13-,14-/m0/s1. The molecule has 2 atom stereocenters. The number of rotatable bonds is 3. The summed E-state index contributed by atoms with van der Waals surface area (Å²) in [5.74, 6) is 0.569. The SMILES string of the molecule is CCn1cc(CN2CC[C@H]3COCC(=O)N(C)[C@H]3C2)cn1. The molecule has 0 aromatic carbocycles. The highest BCUT2D eigenvalue weighted by atomic mass is 16.5. The number of likely N-dealkylation sites (N-methyl/N-ethyl adjacent to an activating group) is 1. The fourth-order valence-corrected chi connectivity index (χ4v) is 3.33. The highest BCUT2D eigenvalue weighted by molar-refractivity contribution is 5.77. The monoisotopic (exact) mass is 292 g/mol. The molecule has 3 heterocycles. The van der Waals surface area contributed by atoms with Crippen LogP contribution in [0.3, 0.4) is 0 Å². The summed E-state index contributed by atoms with van der Waals surface area (Å²) < 4.78 is 7.45. The van der Waals surface area contributed by atoms with Crippen LogP contribution in [0, 0.1) is 5.92 Å². The van der Waals surface area contributed by atoms with Crippen LogP contribution < -0.4 is 0 Å². The largest absolute Gasteiger partial charge is 0.371 e. The highest BCUT2D eigenvalue weighted by Crippen LogP contribution is 2.25. The van der Waals surface area contributed by atoms with Crippen molar-refractivity contribution in [3.8, 4) is 0 Å². The molecule has 3 rings (SSSR count). The van der Waals surface area contributed by atoms with Crippen molar-refractivity contribution in [1.82, 2.24) is 19.6 Å². The highest BCUT2D eigenvalue weighted by Gasteiger charge is 2.36. The van der Waals surface area contributed by atoms with Gasteiger partial charge in [0.15, 0.2) is 0 Å². The lowest BCUT2D eigenvalue weighted by Crippen LogP contribution is -2.52. The van der Waals surface area contributed by atoms with Gasteiger partial charge in [-0.05, 0) is 19.9 Å². The van der Waals surface area contributed by atoms with Gasteiger partial charge < -0.3 is 9.64 Å². The van der Waals surface area contributed by atoms with Crippen LogP contribution in [0.2, 0.25) is 0 Å². The van der Waals surface area contributed by atoms with E-state index in [9.17, 15) is 4.79 Å². The van der Waals surface area contributed by atoms with E-state index in [-0.39, 0.29) is 18.6 Å². The Hall–Kier alpha value is -1.40. The van der Waals surface area contributed by atoms with Crippen LogP contribution in [0.4, 0.5) is 0 Å². The van der Waals surface area contributed by atoms with Gasteiger partial charge in [-0.1, -0.05) is 0 Å². The number of aryl methyl sites for hydroxylation is 1. The number of nitrogens with zero attached hydrogens (tertiary/aromatic N) is 4. The number of hydrogen-bond donors (Lipinski definition) is 0. The molecule has 0 N–H and O–H groups in total. The van der Waals surface area contributed by atoms with Crippen LogP contribution in [0.1, 0.15) is 18.9 Å². The number of hydrogen-bond acceptors (Lipinski definition) is 4. The van der Waals surface area contributed by atoms with Gasteiger partial charge in [-0.2, -0.15) is 5.10 Å². The molecule has 0 saturated carbocycles. The Morgan fingerprint density at radius 2 is 2.33 bits per heavy atom. The Balaban J connectivity index is 1.65. The molecule has 2 fully saturated rings. The van der Waals surface area contributed by atoms with Crippen molar-refractivity contribution in [2.24, 2.45) is 5.92 Å². The summed E-state index contributed by atoms with van der Waals surface area (Å²) in [6.45, 7) is 6.83. The number of carbonyl (C=O) groups excluding carboxylic acids is 1. The molecule has 6 nitrogen and oxygen atoms in total. The van der Waals surface area contributed by atoms with Gasteiger partial charge in [-0.15, -0.1) is 0 Å². The van der Waals surface area contributed by atoms with Gasteiger partial charge in [0.25, 0.3) is 0 Å². The van der Waals surface area contributed by atoms with E-state index >= 15 is 0 Å². The lowest BCUT2D eigenvalue weighted by atomic mass is 9.91. The molecule has 0 unspecified atom stereocenters. The molecular weight excluding hydrogens is 268 g/mol. The second-order valence-electron chi connectivity index (χ2n) is 6.08. The van der Waals surface area contributed by atoms with Crippen molar-refractivity contribution in [2.75, 3.05) is 33.4 Å². The third-order valence-corrected chi connectivity index (χ3v) is 4.67. The molecule has 21 heavy (non-hydrogen) atoms. The van der Waals surface area contributed by atoms with Crippen molar-refractivity contribution in [3.63, 3.8) is 0 Å². The first-order valence-electron chi connectivity index (χ1n) is 7.74. The summed E-state index contributed by atoms with van der Waals surface area (Å²) in [6, 6.07) is 0.273. The molecule has 2 aliphatic heterocycles. The maximum Gasteiger partial charge on any atom is 0.248 e. The molecule has 1 aromatic heterocycles. The van der Waals surface area contributed by atoms with Crippen molar-refractivity contribution in [1.29, 1.82) is 0 Å². The molecule has 2 saturated heterocycles. The number of likely N-dealkylation sites (tertiary alicyclic amines) is 1. The van der Waals surface area contributed by atoms with Crippen LogP contribution in [0.15, 0.2) is 12.4 Å². The van der Waals surface area contributed by atoms with E-state index in [0.29, 0.717) is 12.5 Å². The summed E-state index contributed by atoms with van der Waals surface area (Å²) in [7, 11) is 1.91. The van der Waals surface area contributed by atoms with Gasteiger partial charge in [-0.3, -0.25) is 14.4 Å². The Labute approximate surface area is 125 Å². The number of piperidine rings is 1. The van der Waals surface area contributed by atoms with Crippen molar-refractivity contribution in [2.45, 2.75) is 32.5 Å². The average Bonchev–Trinajstić information content (AvgIpc) is 2.89. The van der Waals surface area contributed by atoms with Crippen LogP contribution >= 0.6 is 0 Å². The van der Waals surface area contributed by atoms with E-state index in [1.807, 2.05) is 22.8 Å². The molecule has 1 amide bonds. The maximum atomic E-state index is 11.9. The first kappa shape index (κ1) is 14.5. The quantitative estimate of drug-likeness (QED) is 0.818. The van der Waals surface area contributed by atoms with Crippen LogP contribution in [-0.2, 0) is 22.6 Å². The molecule has 116 valence electrons. The Kier molecular flexibility index (Phi) is 4.26. The lowest BCUT2D eigenvalue weighted by molar-refractivity contribution is -0.134. The van der Waals surface area contributed by atoms with E-state index in [1.165, 1.54) is 5.56 Å². The zero-order valence-electron chi connectivity index (χ0n) is 12.9. The fourth-order valence-electron chi connectivity index (χ4n) is 3.33. The number of aromatic nitrogens is 2. The first-order chi connectivity index (χ1) is 10.2. The van der Waals surface area contributed by atoms with Gasteiger partial charge in [0.2, 0.25) is 5.91 Å². The summed E-state index contributed by atoms with van der Waals surface area (Å²) in [5, 5.41) is 4.33. The minimum atomic E-state index is 0.100. The second kappa shape index (κ2) is 6.15. The Bertz CT molecular complexity index is 502. The minimum Gasteiger partial charge on any atom is -0.371 e. The first-order valence-corrected chi connectivity index (χ1v) is 7.74. The van der Waals surface area contributed by atoms with E-state index in [4.69, 9.17) is 4.74 Å². The number of amides is 1. The third-order valence-electron chi connectivity index (χ3n) is 4.67. The summed E-state index contributed by atoms with van der Waals surface area (Å²) >= 11 is 0. The number of fused-ring (bicyclic) bond motifs is 1. The zero-order chi connectivity index (χ0) is 14.8. The molecular formula is C15H24N4O2. The van der Waals surface area contributed by atoms with E-state index < -0.39 is 0 Å². The summed E-state index contributed by atoms with van der Waals surface area (Å²) in [6.07, 6.45) is 5.14.